The SMILES string of the molecule is CCCCc1ccc(CC(=O)Nc2nc(C3CCNCC3)nn2C)cc1. The lowest BCUT2D eigenvalue weighted by molar-refractivity contribution is -0.115. The van der Waals surface area contributed by atoms with Crippen LogP contribution in [0.3, 0.4) is 0 Å². The molecule has 2 aromatic rings. The number of unbranched alkanes of at least 4 members (excludes halogenated alkanes) is 1. The summed E-state index contributed by atoms with van der Waals surface area (Å²) in [6.07, 6.45) is 5.93. The van der Waals surface area contributed by atoms with Gasteiger partial charge in [-0.2, -0.15) is 10.1 Å². The minimum atomic E-state index is -0.0568. The summed E-state index contributed by atoms with van der Waals surface area (Å²) < 4.78 is 1.67. The van der Waals surface area contributed by atoms with E-state index in [0.29, 0.717) is 18.3 Å². The molecule has 3 rings (SSSR count). The first-order chi connectivity index (χ1) is 12.7. The lowest BCUT2D eigenvalue weighted by Crippen LogP contribution is -2.27. The standard InChI is InChI=1S/C20H29N5O/c1-3-4-5-15-6-8-16(9-7-15)14-18(26)22-20-23-19(24-25(20)2)17-10-12-21-13-11-17/h6-9,17,21H,3-5,10-14H2,1-2H3,(H,22,23,24,26). The van der Waals surface area contributed by atoms with Gasteiger partial charge in [0.25, 0.3) is 0 Å². The monoisotopic (exact) mass is 355 g/mol. The second kappa shape index (κ2) is 8.94. The van der Waals surface area contributed by atoms with E-state index in [4.69, 9.17) is 0 Å². The van der Waals surface area contributed by atoms with Crippen molar-refractivity contribution in [1.82, 2.24) is 20.1 Å². The molecule has 6 nitrogen and oxygen atoms in total. The summed E-state index contributed by atoms with van der Waals surface area (Å²) in [5.74, 6) is 1.69. The number of amides is 1. The van der Waals surface area contributed by atoms with Crippen molar-refractivity contribution in [2.75, 3.05) is 18.4 Å². The van der Waals surface area contributed by atoms with E-state index in [1.54, 1.807) is 4.68 Å². The van der Waals surface area contributed by atoms with Crippen LogP contribution < -0.4 is 10.6 Å². The molecule has 1 amide bonds. The van der Waals surface area contributed by atoms with Gasteiger partial charge in [-0.1, -0.05) is 37.6 Å². The quantitative estimate of drug-likeness (QED) is 0.801. The zero-order valence-electron chi connectivity index (χ0n) is 15.8. The molecule has 1 aliphatic heterocycles. The number of carbonyl (C=O) groups is 1. The van der Waals surface area contributed by atoms with Crippen LogP contribution in [0, 0.1) is 0 Å². The summed E-state index contributed by atoms with van der Waals surface area (Å²) in [6.45, 7) is 4.19. The van der Waals surface area contributed by atoms with E-state index in [-0.39, 0.29) is 5.91 Å². The molecule has 1 saturated heterocycles. The highest BCUT2D eigenvalue weighted by atomic mass is 16.1. The maximum atomic E-state index is 12.4. The lowest BCUT2D eigenvalue weighted by atomic mass is 9.98. The summed E-state index contributed by atoms with van der Waals surface area (Å²) in [6, 6.07) is 8.33. The maximum Gasteiger partial charge on any atom is 0.231 e. The van der Waals surface area contributed by atoms with Crippen molar-refractivity contribution < 1.29 is 4.79 Å². The molecule has 2 N–H and O–H groups in total. The van der Waals surface area contributed by atoms with Gasteiger partial charge in [-0.05, 0) is 49.9 Å². The van der Waals surface area contributed by atoms with Crippen LogP contribution in [0.5, 0.6) is 0 Å². The molecule has 1 aliphatic rings. The van der Waals surface area contributed by atoms with Crippen LogP contribution in [-0.4, -0.2) is 33.8 Å². The summed E-state index contributed by atoms with van der Waals surface area (Å²) >= 11 is 0. The van der Waals surface area contributed by atoms with Gasteiger partial charge in [0, 0.05) is 13.0 Å². The highest BCUT2D eigenvalue weighted by Gasteiger charge is 2.21. The molecule has 6 heteroatoms. The lowest BCUT2D eigenvalue weighted by Gasteiger charge is -2.19. The van der Waals surface area contributed by atoms with E-state index in [2.05, 4.69) is 39.8 Å². The van der Waals surface area contributed by atoms with Gasteiger partial charge >= 0.3 is 0 Å². The highest BCUT2D eigenvalue weighted by Crippen LogP contribution is 2.23. The van der Waals surface area contributed by atoms with E-state index < -0.39 is 0 Å². The number of nitrogens with one attached hydrogen (secondary N) is 2. The molecule has 1 aromatic heterocycles. The Labute approximate surface area is 155 Å². The molecule has 0 atom stereocenters. The Hall–Kier alpha value is -2.21. The third-order valence-electron chi connectivity index (χ3n) is 4.94. The van der Waals surface area contributed by atoms with Crippen molar-refractivity contribution in [3.63, 3.8) is 0 Å². The number of aryl methyl sites for hydroxylation is 2. The van der Waals surface area contributed by atoms with Crippen molar-refractivity contribution >= 4 is 11.9 Å². The molecule has 1 aromatic carbocycles. The van der Waals surface area contributed by atoms with Crippen LogP contribution in [0.1, 0.15) is 55.5 Å². The average molecular weight is 355 g/mol. The Balaban J connectivity index is 1.56. The number of aromatic nitrogens is 3. The summed E-state index contributed by atoms with van der Waals surface area (Å²) in [5, 5.41) is 10.7. The first-order valence-corrected chi connectivity index (χ1v) is 9.65. The zero-order chi connectivity index (χ0) is 18.4. The number of hydrogen-bond donors (Lipinski definition) is 2. The third-order valence-corrected chi connectivity index (χ3v) is 4.94. The van der Waals surface area contributed by atoms with E-state index in [1.165, 1.54) is 18.4 Å². The van der Waals surface area contributed by atoms with Gasteiger partial charge < -0.3 is 5.32 Å². The molecule has 2 heterocycles. The molecular weight excluding hydrogens is 326 g/mol. The van der Waals surface area contributed by atoms with Crippen LogP contribution in [0.4, 0.5) is 5.95 Å². The molecule has 0 unspecified atom stereocenters. The van der Waals surface area contributed by atoms with Crippen LogP contribution in [0.25, 0.3) is 0 Å². The van der Waals surface area contributed by atoms with Gasteiger partial charge in [0.1, 0.15) is 0 Å². The number of benzene rings is 1. The molecule has 0 aliphatic carbocycles. The summed E-state index contributed by atoms with van der Waals surface area (Å²) in [5.41, 5.74) is 2.35. The topological polar surface area (TPSA) is 71.8 Å². The van der Waals surface area contributed by atoms with E-state index >= 15 is 0 Å². The van der Waals surface area contributed by atoms with E-state index in [1.807, 2.05) is 19.2 Å². The van der Waals surface area contributed by atoms with Gasteiger partial charge in [0.15, 0.2) is 5.82 Å². The number of hydrogen-bond acceptors (Lipinski definition) is 4. The van der Waals surface area contributed by atoms with Gasteiger partial charge in [-0.15, -0.1) is 0 Å². The van der Waals surface area contributed by atoms with Crippen molar-refractivity contribution in [3.8, 4) is 0 Å². The second-order valence-corrected chi connectivity index (χ2v) is 7.09. The first-order valence-electron chi connectivity index (χ1n) is 9.65. The molecular formula is C20H29N5O. The fraction of sp³-hybridized carbons (Fsp3) is 0.550. The molecule has 0 radical (unpaired) electrons. The average Bonchev–Trinajstić information content (AvgIpc) is 3.02. The summed E-state index contributed by atoms with van der Waals surface area (Å²) in [7, 11) is 1.83. The van der Waals surface area contributed by atoms with Crippen LogP contribution in [0.2, 0.25) is 0 Å². The number of piperidine rings is 1. The van der Waals surface area contributed by atoms with E-state index in [0.717, 1.165) is 43.7 Å². The van der Waals surface area contributed by atoms with Crippen LogP contribution in [0.15, 0.2) is 24.3 Å². The smallest absolute Gasteiger partial charge is 0.231 e. The zero-order valence-corrected chi connectivity index (χ0v) is 15.8. The minimum absolute atomic E-state index is 0.0568. The molecule has 0 bridgehead atoms. The predicted octanol–water partition coefficient (Wildman–Crippen LogP) is 2.81. The fourth-order valence-corrected chi connectivity index (χ4v) is 3.33. The van der Waals surface area contributed by atoms with Crippen molar-refractivity contribution in [2.45, 2.75) is 51.4 Å². The summed E-state index contributed by atoms with van der Waals surface area (Å²) in [4.78, 5) is 16.9. The van der Waals surface area contributed by atoms with Crippen molar-refractivity contribution in [3.05, 3.63) is 41.2 Å². The predicted molar refractivity (Wildman–Crippen MR) is 103 cm³/mol. The van der Waals surface area contributed by atoms with Crippen molar-refractivity contribution in [1.29, 1.82) is 0 Å². The number of anilines is 1. The second-order valence-electron chi connectivity index (χ2n) is 7.09. The largest absolute Gasteiger partial charge is 0.317 e. The Bertz CT molecular complexity index is 716. The maximum absolute atomic E-state index is 12.4. The van der Waals surface area contributed by atoms with Gasteiger partial charge in [0.05, 0.1) is 6.42 Å². The van der Waals surface area contributed by atoms with Gasteiger partial charge in [0.2, 0.25) is 11.9 Å². The minimum Gasteiger partial charge on any atom is -0.317 e. The molecule has 140 valence electrons. The van der Waals surface area contributed by atoms with Gasteiger partial charge in [-0.3, -0.25) is 10.1 Å². The number of carbonyl (C=O) groups excluding carboxylic acids is 1. The molecule has 0 saturated carbocycles. The Morgan fingerprint density at radius 3 is 2.62 bits per heavy atom. The first kappa shape index (κ1) is 18.6. The Morgan fingerprint density at radius 2 is 1.92 bits per heavy atom. The number of rotatable bonds is 7. The normalized spacial score (nSPS) is 15.2. The molecule has 26 heavy (non-hydrogen) atoms. The third kappa shape index (κ3) is 4.91. The van der Waals surface area contributed by atoms with Crippen molar-refractivity contribution in [2.24, 2.45) is 7.05 Å². The van der Waals surface area contributed by atoms with Crippen LogP contribution in [-0.2, 0) is 24.7 Å². The van der Waals surface area contributed by atoms with Crippen LogP contribution >= 0.6 is 0 Å². The molecule has 0 spiro atoms. The Morgan fingerprint density at radius 1 is 1.23 bits per heavy atom. The molecule has 1 fully saturated rings. The highest BCUT2D eigenvalue weighted by molar-refractivity contribution is 5.90. The van der Waals surface area contributed by atoms with E-state index in [9.17, 15) is 4.79 Å². The Kier molecular flexibility index (Phi) is 6.39. The van der Waals surface area contributed by atoms with Gasteiger partial charge in [-0.25, -0.2) is 4.68 Å². The number of nitrogens with zero attached hydrogens (tertiary/aromatic N) is 3. The fourth-order valence-electron chi connectivity index (χ4n) is 3.33.